The van der Waals surface area contributed by atoms with Crippen molar-refractivity contribution < 1.29 is 9.18 Å². The molecule has 0 amide bonds. The molecule has 162 valence electrons. The van der Waals surface area contributed by atoms with Crippen molar-refractivity contribution in [2.24, 2.45) is 0 Å². The molecule has 0 aliphatic carbocycles. The Kier molecular flexibility index (Phi) is 5.41. The number of anilines is 1. The maximum atomic E-state index is 13.2. The van der Waals surface area contributed by atoms with E-state index in [0.717, 1.165) is 48.8 Å². The lowest BCUT2D eigenvalue weighted by molar-refractivity contribution is 0.0921. The first kappa shape index (κ1) is 20.3. The van der Waals surface area contributed by atoms with Crippen molar-refractivity contribution in [2.75, 3.05) is 37.6 Å². The Bertz CT molecular complexity index is 1240. The molecule has 1 aliphatic rings. The standard InChI is InChI=1S/C25H24FN5O/c1-18-15-22(19-5-3-2-4-6-19)27-25-16-23(28-31(18)25)24(32)17-29-11-13-30(14-12-29)21-9-7-20(26)8-10-21/h2-10,15-16H,11-14,17H2,1H3. The Balaban J connectivity index is 1.27. The maximum absolute atomic E-state index is 13.2. The summed E-state index contributed by atoms with van der Waals surface area (Å²) in [6, 6.07) is 20.3. The molecule has 2 aromatic carbocycles. The zero-order valence-corrected chi connectivity index (χ0v) is 17.9. The first-order chi connectivity index (χ1) is 15.6. The summed E-state index contributed by atoms with van der Waals surface area (Å²) in [6.45, 7) is 5.43. The Hall–Kier alpha value is -3.58. The number of rotatable bonds is 5. The van der Waals surface area contributed by atoms with Gasteiger partial charge in [-0.2, -0.15) is 5.10 Å². The number of fused-ring (bicyclic) bond motifs is 1. The predicted octanol–water partition coefficient (Wildman–Crippen LogP) is 3.85. The van der Waals surface area contributed by atoms with Crippen LogP contribution in [0.3, 0.4) is 0 Å². The molecule has 4 aromatic rings. The molecule has 6 nitrogen and oxygen atoms in total. The van der Waals surface area contributed by atoms with Crippen molar-refractivity contribution in [3.05, 3.63) is 83.9 Å². The Labute approximate surface area is 185 Å². The van der Waals surface area contributed by atoms with E-state index in [9.17, 15) is 9.18 Å². The second-order valence-electron chi connectivity index (χ2n) is 8.11. The molecular weight excluding hydrogens is 405 g/mol. The summed E-state index contributed by atoms with van der Waals surface area (Å²) in [6.07, 6.45) is 0. The molecular formula is C25H24FN5O. The van der Waals surface area contributed by atoms with Gasteiger partial charge in [-0.15, -0.1) is 0 Å². The van der Waals surface area contributed by atoms with Gasteiger partial charge in [-0.25, -0.2) is 13.9 Å². The van der Waals surface area contributed by atoms with Gasteiger partial charge in [-0.1, -0.05) is 30.3 Å². The van der Waals surface area contributed by atoms with Crippen LogP contribution in [0.2, 0.25) is 0 Å². The molecule has 3 heterocycles. The summed E-state index contributed by atoms with van der Waals surface area (Å²) in [4.78, 5) is 22.0. The van der Waals surface area contributed by atoms with Gasteiger partial charge in [0.2, 0.25) is 0 Å². The average molecular weight is 429 g/mol. The Morgan fingerprint density at radius 3 is 2.41 bits per heavy atom. The lowest BCUT2D eigenvalue weighted by atomic mass is 10.1. The minimum absolute atomic E-state index is 0.00797. The molecule has 1 fully saturated rings. The van der Waals surface area contributed by atoms with Crippen LogP contribution in [-0.2, 0) is 0 Å². The number of benzene rings is 2. The van der Waals surface area contributed by atoms with Gasteiger partial charge in [0.15, 0.2) is 11.4 Å². The summed E-state index contributed by atoms with van der Waals surface area (Å²) in [7, 11) is 0. The van der Waals surface area contributed by atoms with E-state index in [0.29, 0.717) is 17.9 Å². The number of carbonyl (C=O) groups excluding carboxylic acids is 1. The van der Waals surface area contributed by atoms with Gasteiger partial charge in [0.1, 0.15) is 11.5 Å². The van der Waals surface area contributed by atoms with Crippen LogP contribution in [-0.4, -0.2) is 58.0 Å². The van der Waals surface area contributed by atoms with Crippen molar-refractivity contribution in [2.45, 2.75) is 6.92 Å². The lowest BCUT2D eigenvalue weighted by Gasteiger charge is -2.35. The minimum Gasteiger partial charge on any atom is -0.369 e. The number of carbonyl (C=O) groups is 1. The number of hydrogen-bond donors (Lipinski definition) is 0. The number of piperazine rings is 1. The summed E-state index contributed by atoms with van der Waals surface area (Å²) in [5.74, 6) is -0.238. The first-order valence-corrected chi connectivity index (χ1v) is 10.8. The zero-order chi connectivity index (χ0) is 22.1. The molecule has 7 heteroatoms. The van der Waals surface area contributed by atoms with Gasteiger partial charge in [0.05, 0.1) is 12.2 Å². The number of aromatic nitrogens is 3. The smallest absolute Gasteiger partial charge is 0.197 e. The van der Waals surface area contributed by atoms with Crippen molar-refractivity contribution in [3.63, 3.8) is 0 Å². The van der Waals surface area contributed by atoms with Crippen molar-refractivity contribution in [1.82, 2.24) is 19.5 Å². The number of halogens is 1. The molecule has 0 bridgehead atoms. The minimum atomic E-state index is -0.231. The molecule has 5 rings (SSSR count). The Morgan fingerprint density at radius 2 is 1.69 bits per heavy atom. The van der Waals surface area contributed by atoms with E-state index in [-0.39, 0.29) is 11.6 Å². The molecule has 0 spiro atoms. The van der Waals surface area contributed by atoms with Gasteiger partial charge >= 0.3 is 0 Å². The van der Waals surface area contributed by atoms with Crippen LogP contribution < -0.4 is 4.90 Å². The molecule has 32 heavy (non-hydrogen) atoms. The van der Waals surface area contributed by atoms with E-state index in [4.69, 9.17) is 4.98 Å². The van der Waals surface area contributed by atoms with E-state index < -0.39 is 0 Å². The fourth-order valence-corrected chi connectivity index (χ4v) is 4.12. The van der Waals surface area contributed by atoms with E-state index in [1.807, 2.05) is 43.3 Å². The van der Waals surface area contributed by atoms with Crippen LogP contribution in [0.1, 0.15) is 16.2 Å². The highest BCUT2D eigenvalue weighted by Gasteiger charge is 2.22. The third-order valence-corrected chi connectivity index (χ3v) is 5.89. The fourth-order valence-electron chi connectivity index (χ4n) is 4.12. The van der Waals surface area contributed by atoms with Crippen molar-refractivity contribution >= 4 is 17.1 Å². The molecule has 0 radical (unpaired) electrons. The summed E-state index contributed by atoms with van der Waals surface area (Å²) >= 11 is 0. The second-order valence-corrected chi connectivity index (χ2v) is 8.11. The zero-order valence-electron chi connectivity index (χ0n) is 17.9. The quantitative estimate of drug-likeness (QED) is 0.451. The van der Waals surface area contributed by atoms with Gasteiger partial charge in [-0.05, 0) is 37.3 Å². The molecule has 0 unspecified atom stereocenters. The molecule has 0 atom stereocenters. The van der Waals surface area contributed by atoms with Gasteiger partial charge in [0, 0.05) is 49.2 Å². The van der Waals surface area contributed by atoms with Gasteiger partial charge < -0.3 is 4.90 Å². The summed E-state index contributed by atoms with van der Waals surface area (Å²) in [5.41, 5.74) is 4.95. The molecule has 0 N–H and O–H groups in total. The van der Waals surface area contributed by atoms with Crippen LogP contribution in [0.15, 0.2) is 66.7 Å². The van der Waals surface area contributed by atoms with Crippen LogP contribution in [0.25, 0.3) is 16.9 Å². The number of hydrogen-bond acceptors (Lipinski definition) is 5. The van der Waals surface area contributed by atoms with Crippen molar-refractivity contribution in [3.8, 4) is 11.3 Å². The van der Waals surface area contributed by atoms with Crippen LogP contribution >= 0.6 is 0 Å². The topological polar surface area (TPSA) is 53.7 Å². The average Bonchev–Trinajstić information content (AvgIpc) is 3.26. The SMILES string of the molecule is Cc1cc(-c2ccccc2)nc2cc(C(=O)CN3CCN(c4ccc(F)cc4)CC3)nn12. The third kappa shape index (κ3) is 4.11. The first-order valence-electron chi connectivity index (χ1n) is 10.8. The second kappa shape index (κ2) is 8.51. The molecule has 1 aliphatic heterocycles. The van der Waals surface area contributed by atoms with Crippen LogP contribution in [0, 0.1) is 12.7 Å². The van der Waals surface area contributed by atoms with E-state index in [2.05, 4.69) is 14.9 Å². The lowest BCUT2D eigenvalue weighted by Crippen LogP contribution is -2.48. The number of ketones is 1. The van der Waals surface area contributed by atoms with Crippen LogP contribution in [0.5, 0.6) is 0 Å². The molecule has 1 saturated heterocycles. The monoisotopic (exact) mass is 429 g/mol. The molecule has 2 aromatic heterocycles. The summed E-state index contributed by atoms with van der Waals surface area (Å²) in [5, 5.41) is 4.52. The van der Waals surface area contributed by atoms with Crippen LogP contribution in [0.4, 0.5) is 10.1 Å². The Morgan fingerprint density at radius 1 is 0.969 bits per heavy atom. The normalized spacial score (nSPS) is 14.8. The van der Waals surface area contributed by atoms with Gasteiger partial charge in [0.25, 0.3) is 0 Å². The predicted molar refractivity (Wildman–Crippen MR) is 123 cm³/mol. The highest BCUT2D eigenvalue weighted by molar-refractivity contribution is 5.96. The molecule has 0 saturated carbocycles. The van der Waals surface area contributed by atoms with Gasteiger partial charge in [-0.3, -0.25) is 9.69 Å². The van der Waals surface area contributed by atoms with E-state index >= 15 is 0 Å². The summed E-state index contributed by atoms with van der Waals surface area (Å²) < 4.78 is 14.9. The highest BCUT2D eigenvalue weighted by atomic mass is 19.1. The highest BCUT2D eigenvalue weighted by Crippen LogP contribution is 2.20. The number of nitrogens with zero attached hydrogens (tertiary/aromatic N) is 5. The number of Topliss-reactive ketones (excluding diaryl/α,β-unsaturated/α-hetero) is 1. The fraction of sp³-hybridized carbons (Fsp3) is 0.240. The van der Waals surface area contributed by atoms with E-state index in [1.54, 1.807) is 22.7 Å². The number of aryl methyl sites for hydroxylation is 1. The van der Waals surface area contributed by atoms with Crippen molar-refractivity contribution in [1.29, 1.82) is 0 Å². The largest absolute Gasteiger partial charge is 0.369 e. The third-order valence-electron chi connectivity index (χ3n) is 5.89. The maximum Gasteiger partial charge on any atom is 0.197 e. The van der Waals surface area contributed by atoms with E-state index in [1.165, 1.54) is 12.1 Å².